The topological polar surface area (TPSA) is 55.4 Å². The number of rotatable bonds is 3. The summed E-state index contributed by atoms with van der Waals surface area (Å²) in [6, 6.07) is 7.61. The minimum Gasteiger partial charge on any atom is -0.371 e. The Morgan fingerprint density at radius 1 is 1.47 bits per heavy atom. The molecule has 0 saturated carbocycles. The molecule has 94 valence electrons. The molecular weight excluding hydrogens is 238 g/mol. The van der Waals surface area contributed by atoms with Gasteiger partial charge in [0.25, 0.3) is 0 Å². The normalized spacial score (nSPS) is 21.4. The maximum atomic E-state index is 11.2. The van der Waals surface area contributed by atoms with E-state index < -0.39 is 9.84 Å². The number of sulfone groups is 1. The van der Waals surface area contributed by atoms with E-state index in [1.807, 2.05) is 24.3 Å². The first-order valence-corrected chi connectivity index (χ1v) is 7.69. The molecule has 1 heterocycles. The van der Waals surface area contributed by atoms with Crippen LogP contribution in [0.4, 0.5) is 0 Å². The second-order valence-corrected chi connectivity index (χ2v) is 6.52. The van der Waals surface area contributed by atoms with Gasteiger partial charge < -0.3 is 10.1 Å². The molecular formula is C12H17NO3S. The van der Waals surface area contributed by atoms with Gasteiger partial charge in [-0.05, 0) is 11.1 Å². The van der Waals surface area contributed by atoms with Gasteiger partial charge >= 0.3 is 0 Å². The van der Waals surface area contributed by atoms with Gasteiger partial charge in [-0.25, -0.2) is 8.42 Å². The Morgan fingerprint density at radius 3 is 2.94 bits per heavy atom. The summed E-state index contributed by atoms with van der Waals surface area (Å²) < 4.78 is 28.1. The molecule has 0 spiro atoms. The molecule has 1 atom stereocenters. The van der Waals surface area contributed by atoms with Crippen molar-refractivity contribution >= 4 is 9.84 Å². The van der Waals surface area contributed by atoms with Crippen molar-refractivity contribution in [3.05, 3.63) is 35.4 Å². The quantitative estimate of drug-likeness (QED) is 0.871. The molecule has 1 saturated heterocycles. The molecule has 1 unspecified atom stereocenters. The van der Waals surface area contributed by atoms with E-state index in [0.29, 0.717) is 6.61 Å². The highest BCUT2D eigenvalue weighted by Crippen LogP contribution is 2.20. The first kappa shape index (κ1) is 12.5. The number of hydrogen-bond acceptors (Lipinski definition) is 4. The molecule has 2 rings (SSSR count). The summed E-state index contributed by atoms with van der Waals surface area (Å²) >= 11 is 0. The van der Waals surface area contributed by atoms with E-state index in [0.717, 1.165) is 24.2 Å². The maximum Gasteiger partial charge on any atom is 0.151 e. The molecule has 17 heavy (non-hydrogen) atoms. The zero-order valence-electron chi connectivity index (χ0n) is 9.85. The fourth-order valence-corrected chi connectivity index (χ4v) is 2.75. The zero-order chi connectivity index (χ0) is 12.3. The van der Waals surface area contributed by atoms with E-state index in [1.54, 1.807) is 0 Å². The highest BCUT2D eigenvalue weighted by Gasteiger charge is 2.16. The van der Waals surface area contributed by atoms with Crippen molar-refractivity contribution in [1.82, 2.24) is 5.32 Å². The van der Waals surface area contributed by atoms with Crippen LogP contribution in [0.25, 0.3) is 0 Å². The lowest BCUT2D eigenvalue weighted by atomic mass is 10.1. The predicted molar refractivity (Wildman–Crippen MR) is 66.6 cm³/mol. The smallest absolute Gasteiger partial charge is 0.151 e. The molecule has 0 aromatic heterocycles. The molecule has 1 aromatic carbocycles. The van der Waals surface area contributed by atoms with Crippen molar-refractivity contribution in [1.29, 1.82) is 0 Å². The van der Waals surface area contributed by atoms with Crippen molar-refractivity contribution in [2.24, 2.45) is 0 Å². The third kappa shape index (κ3) is 3.80. The van der Waals surface area contributed by atoms with Gasteiger partial charge in [0.05, 0.1) is 18.5 Å². The maximum absolute atomic E-state index is 11.2. The van der Waals surface area contributed by atoms with E-state index in [9.17, 15) is 8.42 Å². The Morgan fingerprint density at radius 2 is 2.29 bits per heavy atom. The van der Waals surface area contributed by atoms with E-state index in [2.05, 4.69) is 5.32 Å². The molecule has 5 heteroatoms. The summed E-state index contributed by atoms with van der Waals surface area (Å²) in [5, 5.41) is 3.26. The van der Waals surface area contributed by atoms with Crippen LogP contribution in [-0.4, -0.2) is 34.4 Å². The summed E-state index contributed by atoms with van der Waals surface area (Å²) in [6.45, 7) is 2.35. The summed E-state index contributed by atoms with van der Waals surface area (Å²) in [6.07, 6.45) is 1.28. The standard InChI is InChI=1S/C12H17NO3S/c1-17(14,15)9-10-3-2-4-11(7-10)12-8-13-5-6-16-12/h2-4,7,12-13H,5-6,8-9H2,1H3. The Kier molecular flexibility index (Phi) is 3.81. The highest BCUT2D eigenvalue weighted by molar-refractivity contribution is 7.89. The molecule has 1 aromatic rings. The summed E-state index contributed by atoms with van der Waals surface area (Å²) in [7, 11) is -2.98. The lowest BCUT2D eigenvalue weighted by Gasteiger charge is -2.24. The molecule has 0 aliphatic carbocycles. The van der Waals surface area contributed by atoms with E-state index in [1.165, 1.54) is 6.26 Å². The van der Waals surface area contributed by atoms with Gasteiger partial charge in [0.1, 0.15) is 0 Å². The Balaban J connectivity index is 2.16. The van der Waals surface area contributed by atoms with Crippen LogP contribution in [0.2, 0.25) is 0 Å². The highest BCUT2D eigenvalue weighted by atomic mass is 32.2. The summed E-state index contributed by atoms with van der Waals surface area (Å²) in [5.41, 5.74) is 1.86. The van der Waals surface area contributed by atoms with Crippen LogP contribution < -0.4 is 5.32 Å². The number of hydrogen-bond donors (Lipinski definition) is 1. The average Bonchev–Trinajstić information content (AvgIpc) is 2.28. The fourth-order valence-electron chi connectivity index (χ4n) is 1.97. The first-order chi connectivity index (χ1) is 8.04. The van der Waals surface area contributed by atoms with Gasteiger partial charge in [-0.1, -0.05) is 24.3 Å². The third-order valence-electron chi connectivity index (χ3n) is 2.68. The Labute approximate surface area is 102 Å². The van der Waals surface area contributed by atoms with Crippen LogP contribution in [0.5, 0.6) is 0 Å². The second-order valence-electron chi connectivity index (χ2n) is 4.38. The average molecular weight is 255 g/mol. The van der Waals surface area contributed by atoms with Crippen molar-refractivity contribution in [3.8, 4) is 0 Å². The predicted octanol–water partition coefficient (Wildman–Crippen LogP) is 0.892. The van der Waals surface area contributed by atoms with Crippen LogP contribution in [-0.2, 0) is 20.3 Å². The number of morpholine rings is 1. The molecule has 4 nitrogen and oxygen atoms in total. The van der Waals surface area contributed by atoms with Crippen LogP contribution in [0, 0.1) is 0 Å². The fraction of sp³-hybridized carbons (Fsp3) is 0.500. The monoisotopic (exact) mass is 255 g/mol. The SMILES string of the molecule is CS(=O)(=O)Cc1cccc(C2CNCCO2)c1. The molecule has 0 radical (unpaired) electrons. The van der Waals surface area contributed by atoms with E-state index >= 15 is 0 Å². The van der Waals surface area contributed by atoms with Crippen molar-refractivity contribution in [2.75, 3.05) is 26.0 Å². The minimum atomic E-state index is -2.98. The van der Waals surface area contributed by atoms with Crippen LogP contribution >= 0.6 is 0 Å². The van der Waals surface area contributed by atoms with Crippen molar-refractivity contribution in [3.63, 3.8) is 0 Å². The molecule has 0 amide bonds. The Bertz CT molecular complexity index is 478. The van der Waals surface area contributed by atoms with Crippen LogP contribution in [0.15, 0.2) is 24.3 Å². The van der Waals surface area contributed by atoms with E-state index in [-0.39, 0.29) is 11.9 Å². The van der Waals surface area contributed by atoms with Crippen LogP contribution in [0.3, 0.4) is 0 Å². The molecule has 1 fully saturated rings. The number of benzene rings is 1. The minimum absolute atomic E-state index is 0.0308. The molecule has 1 aliphatic rings. The van der Waals surface area contributed by atoms with Crippen LogP contribution in [0.1, 0.15) is 17.2 Å². The lowest BCUT2D eigenvalue weighted by Crippen LogP contribution is -2.33. The van der Waals surface area contributed by atoms with E-state index in [4.69, 9.17) is 4.74 Å². The molecule has 0 bridgehead atoms. The molecule has 1 aliphatic heterocycles. The number of nitrogens with one attached hydrogen (secondary N) is 1. The third-order valence-corrected chi connectivity index (χ3v) is 3.54. The zero-order valence-corrected chi connectivity index (χ0v) is 10.7. The molecule has 1 N–H and O–H groups in total. The van der Waals surface area contributed by atoms with Gasteiger partial charge in [0.15, 0.2) is 9.84 Å². The second kappa shape index (κ2) is 5.16. The van der Waals surface area contributed by atoms with Crippen molar-refractivity contribution < 1.29 is 13.2 Å². The van der Waals surface area contributed by atoms with Gasteiger partial charge in [-0.2, -0.15) is 0 Å². The largest absolute Gasteiger partial charge is 0.371 e. The summed E-state index contributed by atoms with van der Waals surface area (Å²) in [5.74, 6) is 0.0843. The van der Waals surface area contributed by atoms with Gasteiger partial charge in [-0.3, -0.25) is 0 Å². The summed E-state index contributed by atoms with van der Waals surface area (Å²) in [4.78, 5) is 0. The Hall–Kier alpha value is -0.910. The number of ether oxygens (including phenoxy) is 1. The first-order valence-electron chi connectivity index (χ1n) is 5.63. The lowest BCUT2D eigenvalue weighted by molar-refractivity contribution is 0.0276. The van der Waals surface area contributed by atoms with Gasteiger partial charge in [-0.15, -0.1) is 0 Å². The van der Waals surface area contributed by atoms with Gasteiger partial charge in [0.2, 0.25) is 0 Å². The van der Waals surface area contributed by atoms with Gasteiger partial charge in [0, 0.05) is 19.3 Å². The van der Waals surface area contributed by atoms with Crippen molar-refractivity contribution in [2.45, 2.75) is 11.9 Å².